The van der Waals surface area contributed by atoms with Crippen molar-refractivity contribution in [2.24, 2.45) is 0 Å². The summed E-state index contributed by atoms with van der Waals surface area (Å²) in [5, 5.41) is 2.57. The number of amides is 1. The second kappa shape index (κ2) is 11.0. The van der Waals surface area contributed by atoms with Crippen LogP contribution in [0.25, 0.3) is 0 Å². The van der Waals surface area contributed by atoms with Crippen molar-refractivity contribution >= 4 is 39.2 Å². The minimum absolute atomic E-state index is 0.0256. The van der Waals surface area contributed by atoms with Crippen molar-refractivity contribution in [3.63, 3.8) is 0 Å². The van der Waals surface area contributed by atoms with E-state index in [9.17, 15) is 27.2 Å². The Morgan fingerprint density at radius 3 is 2.00 bits per heavy atom. The molecule has 0 bridgehead atoms. The van der Waals surface area contributed by atoms with Gasteiger partial charge in [-0.15, -0.1) is 0 Å². The van der Waals surface area contributed by atoms with Gasteiger partial charge in [0.25, 0.3) is 5.91 Å². The SMILES string of the molecule is COC(=O)c1ccc(C(=O)OC)c(NC(=O)c2ccc(N(Cc3ccc(F)cc3)S(C)(=O)=O)cc2)c1. The molecule has 11 heteroatoms. The molecule has 3 aromatic carbocycles. The van der Waals surface area contributed by atoms with E-state index in [-0.39, 0.29) is 28.9 Å². The maximum Gasteiger partial charge on any atom is 0.339 e. The first kappa shape index (κ1) is 26.4. The number of halogens is 1. The predicted octanol–water partition coefficient (Wildman–Crippen LogP) is 3.62. The van der Waals surface area contributed by atoms with Crippen LogP contribution in [0, 0.1) is 5.82 Å². The van der Waals surface area contributed by atoms with E-state index >= 15 is 0 Å². The largest absolute Gasteiger partial charge is 0.465 e. The summed E-state index contributed by atoms with van der Waals surface area (Å²) in [5.74, 6) is -2.43. The minimum Gasteiger partial charge on any atom is -0.465 e. The zero-order valence-electron chi connectivity index (χ0n) is 19.6. The van der Waals surface area contributed by atoms with Crippen molar-refractivity contribution in [2.75, 3.05) is 30.1 Å². The first-order valence-corrected chi connectivity index (χ1v) is 12.3. The van der Waals surface area contributed by atoms with Crippen LogP contribution in [0.5, 0.6) is 0 Å². The first-order valence-electron chi connectivity index (χ1n) is 10.5. The quantitative estimate of drug-likeness (QED) is 0.456. The molecule has 36 heavy (non-hydrogen) atoms. The number of rotatable bonds is 8. The number of methoxy groups -OCH3 is 2. The van der Waals surface area contributed by atoms with E-state index in [1.165, 1.54) is 80.9 Å². The van der Waals surface area contributed by atoms with Gasteiger partial charge in [-0.25, -0.2) is 22.4 Å². The van der Waals surface area contributed by atoms with Gasteiger partial charge in [-0.2, -0.15) is 0 Å². The van der Waals surface area contributed by atoms with Crippen molar-refractivity contribution in [1.29, 1.82) is 0 Å². The Balaban J connectivity index is 1.87. The molecule has 0 aliphatic carbocycles. The standard InChI is InChI=1S/C25H23FN2O7S/c1-34-24(30)18-8-13-21(25(31)35-2)22(14-18)27-23(29)17-6-11-20(12-7-17)28(36(3,32)33)15-16-4-9-19(26)10-5-16/h4-14H,15H2,1-3H3,(H,27,29). The Morgan fingerprint density at radius 2 is 1.44 bits per heavy atom. The van der Waals surface area contributed by atoms with E-state index in [0.29, 0.717) is 11.3 Å². The minimum atomic E-state index is -3.70. The van der Waals surface area contributed by atoms with Gasteiger partial charge >= 0.3 is 11.9 Å². The van der Waals surface area contributed by atoms with Gasteiger partial charge in [-0.1, -0.05) is 12.1 Å². The van der Waals surface area contributed by atoms with Crippen LogP contribution in [-0.2, 0) is 26.0 Å². The van der Waals surface area contributed by atoms with Crippen LogP contribution in [0.4, 0.5) is 15.8 Å². The second-order valence-corrected chi connectivity index (χ2v) is 9.55. The van der Waals surface area contributed by atoms with Crippen molar-refractivity contribution in [1.82, 2.24) is 0 Å². The molecule has 0 atom stereocenters. The Morgan fingerprint density at radius 1 is 0.861 bits per heavy atom. The van der Waals surface area contributed by atoms with Crippen LogP contribution in [0.2, 0.25) is 0 Å². The lowest BCUT2D eigenvalue weighted by Crippen LogP contribution is -2.29. The summed E-state index contributed by atoms with van der Waals surface area (Å²) >= 11 is 0. The highest BCUT2D eigenvalue weighted by Gasteiger charge is 2.20. The van der Waals surface area contributed by atoms with Crippen LogP contribution in [0.15, 0.2) is 66.7 Å². The molecule has 0 aliphatic rings. The lowest BCUT2D eigenvalue weighted by Gasteiger charge is -2.23. The van der Waals surface area contributed by atoms with Gasteiger partial charge in [0, 0.05) is 5.56 Å². The van der Waals surface area contributed by atoms with Gasteiger partial charge in [0.1, 0.15) is 5.82 Å². The number of hydrogen-bond donors (Lipinski definition) is 1. The highest BCUT2D eigenvalue weighted by atomic mass is 32.2. The van der Waals surface area contributed by atoms with E-state index < -0.39 is 33.7 Å². The lowest BCUT2D eigenvalue weighted by molar-refractivity contribution is 0.0587. The van der Waals surface area contributed by atoms with Crippen LogP contribution in [-0.4, -0.2) is 46.7 Å². The smallest absolute Gasteiger partial charge is 0.339 e. The third kappa shape index (κ3) is 6.25. The van der Waals surface area contributed by atoms with Gasteiger partial charge < -0.3 is 14.8 Å². The number of carbonyl (C=O) groups excluding carboxylic acids is 3. The topological polar surface area (TPSA) is 119 Å². The van der Waals surface area contributed by atoms with Gasteiger partial charge in [0.05, 0.1) is 49.5 Å². The molecule has 0 aliphatic heterocycles. The summed E-state index contributed by atoms with van der Waals surface area (Å²) < 4.78 is 48.5. The fraction of sp³-hybridized carbons (Fsp3) is 0.160. The Hall–Kier alpha value is -4.25. The van der Waals surface area contributed by atoms with Crippen LogP contribution < -0.4 is 9.62 Å². The molecule has 0 radical (unpaired) electrons. The zero-order valence-corrected chi connectivity index (χ0v) is 20.5. The highest BCUT2D eigenvalue weighted by Crippen LogP contribution is 2.24. The molecule has 0 fully saturated rings. The second-order valence-electron chi connectivity index (χ2n) is 7.64. The summed E-state index contributed by atoms with van der Waals surface area (Å²) in [4.78, 5) is 36.9. The number of anilines is 2. The number of sulfonamides is 1. The Labute approximate surface area is 207 Å². The van der Waals surface area contributed by atoms with Crippen molar-refractivity contribution < 1.29 is 36.7 Å². The highest BCUT2D eigenvalue weighted by molar-refractivity contribution is 7.92. The third-order valence-corrected chi connectivity index (χ3v) is 6.29. The molecule has 9 nitrogen and oxygen atoms in total. The lowest BCUT2D eigenvalue weighted by atomic mass is 10.1. The molecular weight excluding hydrogens is 491 g/mol. The summed E-state index contributed by atoms with van der Waals surface area (Å²) in [6.45, 7) is -0.0343. The number of nitrogens with one attached hydrogen (secondary N) is 1. The molecule has 1 amide bonds. The molecule has 3 aromatic rings. The molecule has 0 saturated carbocycles. The number of ether oxygens (including phenoxy) is 2. The van der Waals surface area contributed by atoms with Crippen LogP contribution in [0.3, 0.4) is 0 Å². The maximum absolute atomic E-state index is 13.2. The first-order chi connectivity index (χ1) is 17.0. The fourth-order valence-electron chi connectivity index (χ4n) is 3.31. The van der Waals surface area contributed by atoms with Gasteiger partial charge in [-0.05, 0) is 60.2 Å². The van der Waals surface area contributed by atoms with Crippen LogP contribution >= 0.6 is 0 Å². The van der Waals surface area contributed by atoms with Gasteiger partial charge in [-0.3, -0.25) is 9.10 Å². The van der Waals surface area contributed by atoms with Crippen molar-refractivity contribution in [3.05, 3.63) is 94.8 Å². The Kier molecular flexibility index (Phi) is 8.05. The van der Waals surface area contributed by atoms with Crippen LogP contribution in [0.1, 0.15) is 36.6 Å². The average molecular weight is 515 g/mol. The van der Waals surface area contributed by atoms with Crippen molar-refractivity contribution in [3.8, 4) is 0 Å². The molecule has 188 valence electrons. The monoisotopic (exact) mass is 514 g/mol. The van der Waals surface area contributed by atoms with E-state index in [0.717, 1.165) is 10.6 Å². The van der Waals surface area contributed by atoms with E-state index in [1.807, 2.05) is 0 Å². The van der Waals surface area contributed by atoms with E-state index in [1.54, 1.807) is 0 Å². The molecule has 0 unspecified atom stereocenters. The van der Waals surface area contributed by atoms with Gasteiger partial charge in [0.15, 0.2) is 0 Å². The predicted molar refractivity (Wildman–Crippen MR) is 131 cm³/mol. The maximum atomic E-state index is 13.2. The molecule has 0 aromatic heterocycles. The summed E-state index contributed by atoms with van der Waals surface area (Å²) in [7, 11) is -1.32. The molecule has 0 heterocycles. The molecule has 3 rings (SSSR count). The number of nitrogens with zero attached hydrogens (tertiary/aromatic N) is 1. The van der Waals surface area contributed by atoms with Gasteiger partial charge in [0.2, 0.25) is 10.0 Å². The molecule has 0 saturated heterocycles. The van der Waals surface area contributed by atoms with Crippen molar-refractivity contribution in [2.45, 2.75) is 6.54 Å². The Bertz CT molecular complexity index is 1390. The molecule has 1 N–H and O–H groups in total. The molecule has 0 spiro atoms. The zero-order chi connectivity index (χ0) is 26.5. The summed E-state index contributed by atoms with van der Waals surface area (Å²) in [6, 6.07) is 15.1. The number of carbonyl (C=O) groups is 3. The third-order valence-electron chi connectivity index (χ3n) is 5.15. The normalized spacial score (nSPS) is 10.9. The number of hydrogen-bond acceptors (Lipinski definition) is 7. The fourth-order valence-corrected chi connectivity index (χ4v) is 4.20. The van der Waals surface area contributed by atoms with E-state index in [4.69, 9.17) is 4.74 Å². The summed E-state index contributed by atoms with van der Waals surface area (Å²) in [6.07, 6.45) is 1.04. The number of benzene rings is 3. The average Bonchev–Trinajstić information content (AvgIpc) is 2.86. The summed E-state index contributed by atoms with van der Waals surface area (Å²) in [5.41, 5.74) is 1.20. The molecular formula is C25H23FN2O7S. The number of esters is 2. The van der Waals surface area contributed by atoms with E-state index in [2.05, 4.69) is 10.1 Å².